The summed E-state index contributed by atoms with van der Waals surface area (Å²) in [5, 5.41) is 0. The maximum Gasteiger partial charge on any atom is 0.306 e. The first kappa shape index (κ1) is 60.6. The maximum atomic E-state index is 12.8. The van der Waals surface area contributed by atoms with Crippen molar-refractivity contribution in [1.29, 1.82) is 0 Å². The van der Waals surface area contributed by atoms with Gasteiger partial charge in [-0.15, -0.1) is 0 Å². The van der Waals surface area contributed by atoms with Gasteiger partial charge in [-0.2, -0.15) is 0 Å². The highest BCUT2D eigenvalue weighted by Crippen LogP contribution is 2.15. The number of hydrogen-bond donors (Lipinski definition) is 0. The molecular weight excluding hydrogens is 787 g/mol. The molecule has 0 amide bonds. The quantitative estimate of drug-likeness (QED) is 0.0199. The Labute approximate surface area is 391 Å². The lowest BCUT2D eigenvalue weighted by molar-refractivity contribution is -0.167. The van der Waals surface area contributed by atoms with Crippen molar-refractivity contribution in [2.75, 3.05) is 13.2 Å². The smallest absolute Gasteiger partial charge is 0.306 e. The van der Waals surface area contributed by atoms with Gasteiger partial charge in [0.2, 0.25) is 0 Å². The Balaban J connectivity index is 4.39. The number of carbonyl (C=O) groups is 3. The Hall–Kier alpha value is -2.37. The lowest BCUT2D eigenvalue weighted by Gasteiger charge is -2.18. The molecule has 0 aliphatic carbocycles. The van der Waals surface area contributed by atoms with E-state index in [9.17, 15) is 14.4 Å². The van der Waals surface area contributed by atoms with E-state index >= 15 is 0 Å². The number of esters is 3. The summed E-state index contributed by atoms with van der Waals surface area (Å²) in [7, 11) is 0. The zero-order valence-corrected chi connectivity index (χ0v) is 42.1. The number of unbranched alkanes of at least 4 members (excludes halogenated alkanes) is 33. The molecule has 0 fully saturated rings. The van der Waals surface area contributed by atoms with Crippen molar-refractivity contribution in [3.05, 3.63) is 36.5 Å². The molecule has 0 saturated heterocycles. The normalized spacial score (nSPS) is 12.2. The van der Waals surface area contributed by atoms with Gasteiger partial charge < -0.3 is 14.2 Å². The van der Waals surface area contributed by atoms with E-state index < -0.39 is 6.10 Å². The molecule has 0 saturated carbocycles. The van der Waals surface area contributed by atoms with Crippen LogP contribution in [0.3, 0.4) is 0 Å². The molecular formula is C57H104O6. The molecule has 0 radical (unpaired) electrons. The van der Waals surface area contributed by atoms with Gasteiger partial charge in [-0.25, -0.2) is 0 Å². The largest absolute Gasteiger partial charge is 0.462 e. The van der Waals surface area contributed by atoms with E-state index in [0.717, 1.165) is 77.0 Å². The predicted molar refractivity (Wildman–Crippen MR) is 270 cm³/mol. The fourth-order valence-electron chi connectivity index (χ4n) is 7.90. The van der Waals surface area contributed by atoms with E-state index in [1.807, 2.05) is 0 Å². The molecule has 63 heavy (non-hydrogen) atoms. The molecule has 6 nitrogen and oxygen atoms in total. The number of allylic oxidation sites excluding steroid dienone is 6. The summed E-state index contributed by atoms with van der Waals surface area (Å²) in [6.07, 6.45) is 61.2. The number of ether oxygens (including phenoxy) is 3. The molecule has 0 aliphatic heterocycles. The zero-order chi connectivity index (χ0) is 45.8. The molecule has 0 rings (SSSR count). The van der Waals surface area contributed by atoms with Crippen LogP contribution in [0.2, 0.25) is 0 Å². The Morgan fingerprint density at radius 1 is 0.302 bits per heavy atom. The lowest BCUT2D eigenvalue weighted by atomic mass is 10.1. The van der Waals surface area contributed by atoms with E-state index in [2.05, 4.69) is 57.2 Å². The van der Waals surface area contributed by atoms with E-state index in [0.29, 0.717) is 19.3 Å². The Kier molecular flexibility index (Phi) is 50.3. The fraction of sp³-hybridized carbons (Fsp3) is 0.842. The Bertz CT molecular complexity index is 1010. The van der Waals surface area contributed by atoms with Gasteiger partial charge in [0.25, 0.3) is 0 Å². The minimum atomic E-state index is -0.781. The second kappa shape index (κ2) is 52.3. The SMILES string of the molecule is CCCCCCCC[13CH]=[13CH]CCCCCCCC(=O)OCC(COC(=O)CCCCCCC[13CH]=[13CH]CCCCCCCC)OC(=O)CCCCCCC[13CH]=[13CH]CCCCCCCC. The molecule has 0 spiro atoms. The van der Waals surface area contributed by atoms with E-state index in [4.69, 9.17) is 14.2 Å². The first-order chi connectivity index (χ1) is 31.0. The molecule has 0 atom stereocenters. The second-order valence-electron chi connectivity index (χ2n) is 18.5. The zero-order valence-electron chi connectivity index (χ0n) is 42.1. The van der Waals surface area contributed by atoms with E-state index in [1.165, 1.54) is 173 Å². The second-order valence-corrected chi connectivity index (χ2v) is 18.5. The third kappa shape index (κ3) is 50.5. The van der Waals surface area contributed by atoms with Crippen molar-refractivity contribution in [3.63, 3.8) is 0 Å². The van der Waals surface area contributed by atoms with Crippen molar-refractivity contribution in [2.24, 2.45) is 0 Å². The van der Waals surface area contributed by atoms with Crippen LogP contribution in [0.4, 0.5) is 0 Å². The topological polar surface area (TPSA) is 78.9 Å². The summed E-state index contributed by atoms with van der Waals surface area (Å²) >= 11 is 0. The van der Waals surface area contributed by atoms with Crippen molar-refractivity contribution >= 4 is 17.9 Å². The highest BCUT2D eigenvalue weighted by molar-refractivity contribution is 5.71. The van der Waals surface area contributed by atoms with Crippen LogP contribution >= 0.6 is 0 Å². The molecule has 0 heterocycles. The third-order valence-electron chi connectivity index (χ3n) is 12.1. The van der Waals surface area contributed by atoms with Crippen molar-refractivity contribution in [3.8, 4) is 0 Å². The third-order valence-corrected chi connectivity index (χ3v) is 12.1. The van der Waals surface area contributed by atoms with Gasteiger partial charge in [0.15, 0.2) is 6.10 Å². The standard InChI is InChI=1S/C57H104O6/c1-4-7-10-13-16-19-22-25-28-31-34-37-40-43-46-49-55(58)61-52-54(63-57(60)51-48-45-42-39-36-33-30-27-24-21-18-15-12-9-6-3)53-62-56(59)50-47-44-41-38-35-32-29-26-23-20-17-14-11-8-5-2/h25-30,54H,4-24,31-53H2,1-3H3/i25+1,26+1,27+1,28+1,29+1,30+1. The van der Waals surface area contributed by atoms with Gasteiger partial charge in [0.05, 0.1) is 0 Å². The monoisotopic (exact) mass is 891 g/mol. The van der Waals surface area contributed by atoms with Gasteiger partial charge >= 0.3 is 17.9 Å². The van der Waals surface area contributed by atoms with E-state index in [-0.39, 0.29) is 31.1 Å². The molecule has 0 N–H and O–H groups in total. The van der Waals surface area contributed by atoms with Gasteiger partial charge in [0.1, 0.15) is 13.2 Å². The first-order valence-electron chi connectivity index (χ1n) is 27.5. The van der Waals surface area contributed by atoms with Crippen LogP contribution in [0.15, 0.2) is 36.5 Å². The van der Waals surface area contributed by atoms with Crippen LogP contribution in [0.25, 0.3) is 0 Å². The van der Waals surface area contributed by atoms with E-state index in [1.54, 1.807) is 0 Å². The average Bonchev–Trinajstić information content (AvgIpc) is 3.28. The summed E-state index contributed by atoms with van der Waals surface area (Å²) in [4.78, 5) is 38.0. The number of rotatable bonds is 50. The maximum absolute atomic E-state index is 12.8. The first-order valence-corrected chi connectivity index (χ1v) is 27.5. The van der Waals surface area contributed by atoms with Crippen LogP contribution in [0.5, 0.6) is 0 Å². The fourth-order valence-corrected chi connectivity index (χ4v) is 7.90. The minimum Gasteiger partial charge on any atom is -0.462 e. The molecule has 0 aliphatic rings. The van der Waals surface area contributed by atoms with Crippen molar-refractivity contribution < 1.29 is 28.6 Å². The van der Waals surface area contributed by atoms with Gasteiger partial charge in [0, 0.05) is 19.3 Å². The molecule has 368 valence electrons. The molecule has 0 unspecified atom stereocenters. The summed E-state index contributed by atoms with van der Waals surface area (Å²) in [5.74, 6) is -0.893. The van der Waals surface area contributed by atoms with Crippen LogP contribution in [-0.2, 0) is 28.6 Å². The van der Waals surface area contributed by atoms with Crippen LogP contribution in [0, 0.1) is 0 Å². The van der Waals surface area contributed by atoms with Gasteiger partial charge in [-0.3, -0.25) is 14.4 Å². The minimum absolute atomic E-state index is 0.0806. The van der Waals surface area contributed by atoms with Crippen LogP contribution in [-0.4, -0.2) is 37.2 Å². The molecule has 0 bridgehead atoms. The van der Waals surface area contributed by atoms with Crippen molar-refractivity contribution in [1.82, 2.24) is 0 Å². The van der Waals surface area contributed by atoms with Crippen LogP contribution in [0.1, 0.15) is 290 Å². The molecule has 0 aromatic heterocycles. The van der Waals surface area contributed by atoms with Gasteiger partial charge in [-0.05, 0) is 96.3 Å². The highest BCUT2D eigenvalue weighted by Gasteiger charge is 2.19. The number of hydrogen-bond acceptors (Lipinski definition) is 6. The molecule has 0 aromatic carbocycles. The Morgan fingerprint density at radius 2 is 0.524 bits per heavy atom. The van der Waals surface area contributed by atoms with Crippen LogP contribution < -0.4 is 0 Å². The Morgan fingerprint density at radius 3 is 0.794 bits per heavy atom. The summed E-state index contributed by atoms with van der Waals surface area (Å²) < 4.78 is 16.8. The lowest BCUT2D eigenvalue weighted by Crippen LogP contribution is -2.30. The molecule has 6 heteroatoms. The van der Waals surface area contributed by atoms with Crippen molar-refractivity contribution in [2.45, 2.75) is 297 Å². The number of carbonyl (C=O) groups excluding carboxylic acids is 3. The summed E-state index contributed by atoms with van der Waals surface area (Å²) in [5.41, 5.74) is 0. The predicted octanol–water partition coefficient (Wildman–Crippen LogP) is 18.1. The van der Waals surface area contributed by atoms with Gasteiger partial charge in [-0.1, -0.05) is 211 Å². The average molecular weight is 891 g/mol. The molecule has 0 aromatic rings. The highest BCUT2D eigenvalue weighted by atomic mass is 16.6. The summed E-state index contributed by atoms with van der Waals surface area (Å²) in [6, 6.07) is 0. The summed E-state index contributed by atoms with van der Waals surface area (Å²) in [6.45, 7) is 6.63.